The van der Waals surface area contributed by atoms with Crippen LogP contribution in [0.15, 0.2) is 194 Å². The first-order valence-electron chi connectivity index (χ1n) is 18.4. The highest BCUT2D eigenvalue weighted by molar-refractivity contribution is 6.10. The summed E-state index contributed by atoms with van der Waals surface area (Å²) in [5.41, 5.74) is 17.2. The van der Waals surface area contributed by atoms with Gasteiger partial charge in [0.25, 0.3) is 0 Å². The van der Waals surface area contributed by atoms with Crippen molar-refractivity contribution in [1.82, 2.24) is 4.57 Å². The monoisotopic (exact) mass is 678 g/mol. The van der Waals surface area contributed by atoms with E-state index in [1.807, 2.05) is 0 Å². The van der Waals surface area contributed by atoms with E-state index in [1.165, 1.54) is 66.3 Å². The molecule has 0 unspecified atom stereocenters. The second-order valence-electron chi connectivity index (χ2n) is 14.6. The molecule has 2 nitrogen and oxygen atoms in total. The lowest BCUT2D eigenvalue weighted by Gasteiger charge is -2.27. The Balaban J connectivity index is 1.15. The molecule has 252 valence electrons. The summed E-state index contributed by atoms with van der Waals surface area (Å²) in [6.45, 7) is 4.73. The number of rotatable bonds is 6. The second-order valence-corrected chi connectivity index (χ2v) is 14.6. The van der Waals surface area contributed by atoms with Crippen molar-refractivity contribution in [1.29, 1.82) is 0 Å². The average molecular weight is 679 g/mol. The maximum absolute atomic E-state index is 2.40. The predicted octanol–water partition coefficient (Wildman–Crippen LogP) is 13.9. The minimum Gasteiger partial charge on any atom is -0.310 e. The highest BCUT2D eigenvalue weighted by atomic mass is 15.1. The third-order valence-corrected chi connectivity index (χ3v) is 11.2. The number of hydrogen-bond acceptors (Lipinski definition) is 1. The minimum atomic E-state index is -0.0856. The maximum Gasteiger partial charge on any atom is 0.0561 e. The van der Waals surface area contributed by atoms with E-state index in [0.717, 1.165) is 22.7 Å². The van der Waals surface area contributed by atoms with Crippen LogP contribution in [0.5, 0.6) is 0 Å². The van der Waals surface area contributed by atoms with Crippen LogP contribution in [0.3, 0.4) is 0 Å². The molecule has 0 spiro atoms. The van der Waals surface area contributed by atoms with Crippen molar-refractivity contribution in [3.8, 4) is 39.1 Å². The lowest BCUT2D eigenvalue weighted by Crippen LogP contribution is -2.16. The molecule has 0 saturated heterocycles. The molecular weight excluding hydrogens is 641 g/mol. The lowest BCUT2D eigenvalue weighted by molar-refractivity contribution is 0.662. The van der Waals surface area contributed by atoms with Gasteiger partial charge in [-0.15, -0.1) is 0 Å². The quantitative estimate of drug-likeness (QED) is 0.170. The molecule has 0 saturated carbocycles. The van der Waals surface area contributed by atoms with Gasteiger partial charge in [0.05, 0.1) is 11.0 Å². The van der Waals surface area contributed by atoms with E-state index in [-0.39, 0.29) is 5.41 Å². The first-order chi connectivity index (χ1) is 26.1. The van der Waals surface area contributed by atoms with Crippen molar-refractivity contribution >= 4 is 38.9 Å². The molecule has 0 amide bonds. The van der Waals surface area contributed by atoms with Crippen LogP contribution in [0.1, 0.15) is 25.0 Å². The van der Waals surface area contributed by atoms with Crippen molar-refractivity contribution in [3.05, 3.63) is 205 Å². The zero-order valence-corrected chi connectivity index (χ0v) is 29.9. The van der Waals surface area contributed by atoms with E-state index in [1.54, 1.807) is 0 Å². The summed E-state index contributed by atoms with van der Waals surface area (Å²) in [4.78, 5) is 2.40. The fourth-order valence-corrected chi connectivity index (χ4v) is 8.73. The van der Waals surface area contributed by atoms with E-state index in [0.29, 0.717) is 0 Å². The van der Waals surface area contributed by atoms with Gasteiger partial charge >= 0.3 is 0 Å². The van der Waals surface area contributed by atoms with Gasteiger partial charge in [0.1, 0.15) is 0 Å². The molecule has 2 heteroatoms. The second kappa shape index (κ2) is 12.3. The minimum absolute atomic E-state index is 0.0856. The van der Waals surface area contributed by atoms with Crippen molar-refractivity contribution in [2.75, 3.05) is 4.90 Å². The Morgan fingerprint density at radius 1 is 0.396 bits per heavy atom. The number of para-hydroxylation sites is 2. The molecule has 0 fully saturated rings. The third-order valence-electron chi connectivity index (χ3n) is 11.2. The summed E-state index contributed by atoms with van der Waals surface area (Å²) in [6, 6.07) is 70.7. The normalized spacial score (nSPS) is 12.9. The highest BCUT2D eigenvalue weighted by Gasteiger charge is 2.37. The van der Waals surface area contributed by atoms with E-state index in [4.69, 9.17) is 0 Å². The molecule has 1 aromatic heterocycles. The van der Waals surface area contributed by atoms with Crippen LogP contribution in [0, 0.1) is 0 Å². The van der Waals surface area contributed by atoms with Crippen LogP contribution in [0.25, 0.3) is 60.9 Å². The van der Waals surface area contributed by atoms with Crippen LogP contribution in [-0.2, 0) is 5.41 Å². The van der Waals surface area contributed by atoms with Gasteiger partial charge in [0.15, 0.2) is 0 Å². The molecule has 0 N–H and O–H groups in total. The Bertz CT molecular complexity index is 2790. The molecule has 8 aromatic carbocycles. The van der Waals surface area contributed by atoms with Gasteiger partial charge in [-0.1, -0.05) is 153 Å². The van der Waals surface area contributed by atoms with Crippen molar-refractivity contribution in [2.45, 2.75) is 19.3 Å². The number of fused-ring (bicyclic) bond motifs is 6. The largest absolute Gasteiger partial charge is 0.310 e. The Morgan fingerprint density at radius 2 is 1.00 bits per heavy atom. The summed E-state index contributed by atoms with van der Waals surface area (Å²) >= 11 is 0. The van der Waals surface area contributed by atoms with E-state index < -0.39 is 0 Å². The van der Waals surface area contributed by atoms with Crippen molar-refractivity contribution < 1.29 is 0 Å². The number of anilines is 3. The van der Waals surface area contributed by atoms with E-state index in [2.05, 4.69) is 217 Å². The van der Waals surface area contributed by atoms with Crippen molar-refractivity contribution in [2.24, 2.45) is 0 Å². The predicted molar refractivity (Wildman–Crippen MR) is 224 cm³/mol. The zero-order chi connectivity index (χ0) is 35.5. The first kappa shape index (κ1) is 31.1. The zero-order valence-electron chi connectivity index (χ0n) is 29.9. The Hall–Kier alpha value is -6.64. The fraction of sp³-hybridized carbons (Fsp3) is 0.0588. The molecule has 0 aliphatic heterocycles. The van der Waals surface area contributed by atoms with E-state index >= 15 is 0 Å². The molecular formula is C51H38N2. The molecule has 53 heavy (non-hydrogen) atoms. The molecule has 0 atom stereocenters. The van der Waals surface area contributed by atoms with Crippen LogP contribution in [0.2, 0.25) is 0 Å². The summed E-state index contributed by atoms with van der Waals surface area (Å²) in [5.74, 6) is 0. The average Bonchev–Trinajstić information content (AvgIpc) is 3.67. The maximum atomic E-state index is 2.40. The van der Waals surface area contributed by atoms with Crippen LogP contribution >= 0.6 is 0 Å². The molecule has 1 aliphatic carbocycles. The lowest BCUT2D eigenvalue weighted by atomic mass is 9.79. The Kier molecular flexibility index (Phi) is 7.19. The number of benzene rings is 8. The van der Waals surface area contributed by atoms with E-state index in [9.17, 15) is 0 Å². The van der Waals surface area contributed by atoms with Gasteiger partial charge in [-0.05, 0) is 99.1 Å². The Labute approximate surface area is 310 Å². The Morgan fingerprint density at radius 3 is 1.83 bits per heavy atom. The number of nitrogens with zero attached hydrogens (tertiary/aromatic N) is 2. The summed E-state index contributed by atoms with van der Waals surface area (Å²) in [6.07, 6.45) is 0. The SMILES string of the molecule is CC1(C)c2ccccc2-c2cccc(-c3ccc(N(c4cccc(-c5ccccc5)c4)c4ccc5c6ccccc6n(-c6ccccc6)c5c4)cc3)c21. The number of hydrogen-bond donors (Lipinski definition) is 0. The first-order valence-corrected chi connectivity index (χ1v) is 18.4. The standard InChI is InChI=1S/C51H38N2/c1-51(2)47-25-11-9-21-43(47)46-24-14-23-42(50(46)51)36-27-29-39(30-28-36)52(40-20-13-17-37(33-40)35-15-5-3-6-16-35)41-31-32-45-44-22-10-12-26-48(44)53(49(45)34-41)38-18-7-4-8-19-38/h3-34H,1-2H3. The molecule has 1 heterocycles. The van der Waals surface area contributed by atoms with Gasteiger partial charge in [-0.25, -0.2) is 0 Å². The molecule has 10 rings (SSSR count). The highest BCUT2D eigenvalue weighted by Crippen LogP contribution is 2.52. The van der Waals surface area contributed by atoms with Gasteiger partial charge in [-0.3, -0.25) is 0 Å². The number of aromatic nitrogens is 1. The molecule has 1 aliphatic rings. The summed E-state index contributed by atoms with van der Waals surface area (Å²) < 4.78 is 2.39. The van der Waals surface area contributed by atoms with Gasteiger partial charge in [-0.2, -0.15) is 0 Å². The van der Waals surface area contributed by atoms with Gasteiger partial charge < -0.3 is 9.47 Å². The van der Waals surface area contributed by atoms with Crippen LogP contribution in [0.4, 0.5) is 17.1 Å². The molecule has 0 bridgehead atoms. The van der Waals surface area contributed by atoms with Crippen LogP contribution in [-0.4, -0.2) is 4.57 Å². The molecule has 0 radical (unpaired) electrons. The fourth-order valence-electron chi connectivity index (χ4n) is 8.73. The summed E-state index contributed by atoms with van der Waals surface area (Å²) in [7, 11) is 0. The van der Waals surface area contributed by atoms with Crippen molar-refractivity contribution in [3.63, 3.8) is 0 Å². The third kappa shape index (κ3) is 5.02. The van der Waals surface area contributed by atoms with Crippen LogP contribution < -0.4 is 4.90 Å². The topological polar surface area (TPSA) is 8.17 Å². The van der Waals surface area contributed by atoms with Gasteiger partial charge in [0, 0.05) is 38.9 Å². The summed E-state index contributed by atoms with van der Waals surface area (Å²) in [5, 5.41) is 2.49. The molecule has 9 aromatic rings. The van der Waals surface area contributed by atoms with Gasteiger partial charge in [0.2, 0.25) is 0 Å². The smallest absolute Gasteiger partial charge is 0.0561 e.